The van der Waals surface area contributed by atoms with Crippen LogP contribution in [0.5, 0.6) is 0 Å². The van der Waals surface area contributed by atoms with Gasteiger partial charge in [0.25, 0.3) is 0 Å². The van der Waals surface area contributed by atoms with Gasteiger partial charge in [0, 0.05) is 14.1 Å². The summed E-state index contributed by atoms with van der Waals surface area (Å²) in [7, 11) is 3.81. The van der Waals surface area contributed by atoms with Crippen molar-refractivity contribution in [1.29, 1.82) is 0 Å². The normalized spacial score (nSPS) is 10.1. The van der Waals surface area contributed by atoms with Gasteiger partial charge in [-0.25, -0.2) is 4.98 Å². The summed E-state index contributed by atoms with van der Waals surface area (Å²) in [5.41, 5.74) is 12.8. The maximum Gasteiger partial charge on any atom is 0.222 e. The van der Waals surface area contributed by atoms with Gasteiger partial charge in [0.2, 0.25) is 5.95 Å². The number of hydrogen-bond acceptors (Lipinski definition) is 5. The van der Waals surface area contributed by atoms with Gasteiger partial charge in [-0.15, -0.1) is 12.4 Å². The summed E-state index contributed by atoms with van der Waals surface area (Å²) in [6.07, 6.45) is 0. The molecule has 2 rings (SSSR count). The summed E-state index contributed by atoms with van der Waals surface area (Å²) in [4.78, 5) is 9.89. The predicted octanol–water partition coefficient (Wildman–Crippen LogP) is 1.94. The average Bonchev–Trinajstić information content (AvgIpc) is 2.15. The van der Waals surface area contributed by atoms with Crippen molar-refractivity contribution >= 4 is 52.4 Å². The van der Waals surface area contributed by atoms with E-state index in [4.69, 9.17) is 23.1 Å². The summed E-state index contributed by atoms with van der Waals surface area (Å²) >= 11 is 6.25. The smallest absolute Gasteiger partial charge is 0.222 e. The van der Waals surface area contributed by atoms with E-state index in [-0.39, 0.29) is 18.4 Å². The van der Waals surface area contributed by atoms with Crippen LogP contribution in [0.4, 0.5) is 17.5 Å². The van der Waals surface area contributed by atoms with Crippen molar-refractivity contribution < 1.29 is 0 Å². The Balaban J connectivity index is 0.00000144. The van der Waals surface area contributed by atoms with Crippen molar-refractivity contribution in [3.05, 3.63) is 17.2 Å². The van der Waals surface area contributed by atoms with Crippen LogP contribution in [-0.2, 0) is 0 Å². The lowest BCUT2D eigenvalue weighted by molar-refractivity contribution is 1.13. The van der Waals surface area contributed by atoms with Gasteiger partial charge in [0.15, 0.2) is 0 Å². The van der Waals surface area contributed by atoms with Crippen LogP contribution in [0.3, 0.4) is 0 Å². The van der Waals surface area contributed by atoms with Gasteiger partial charge < -0.3 is 16.4 Å². The Morgan fingerprint density at radius 3 is 2.41 bits per heavy atom. The van der Waals surface area contributed by atoms with E-state index in [0.717, 1.165) is 5.69 Å². The molecule has 0 aliphatic rings. The number of nitrogen functional groups attached to an aromatic ring is 2. The van der Waals surface area contributed by atoms with Crippen LogP contribution in [0.25, 0.3) is 10.9 Å². The molecule has 5 nitrogen and oxygen atoms in total. The van der Waals surface area contributed by atoms with Gasteiger partial charge in [-0.05, 0) is 12.1 Å². The van der Waals surface area contributed by atoms with Crippen molar-refractivity contribution in [2.45, 2.75) is 0 Å². The van der Waals surface area contributed by atoms with Crippen LogP contribution in [0, 0.1) is 0 Å². The number of hydrogen-bond donors (Lipinski definition) is 2. The molecule has 4 N–H and O–H groups in total. The Labute approximate surface area is 110 Å². The van der Waals surface area contributed by atoms with Crippen molar-refractivity contribution in [3.63, 3.8) is 0 Å². The summed E-state index contributed by atoms with van der Waals surface area (Å²) in [6, 6.07) is 3.70. The van der Waals surface area contributed by atoms with E-state index >= 15 is 0 Å². The van der Waals surface area contributed by atoms with E-state index in [1.807, 2.05) is 31.1 Å². The third kappa shape index (κ3) is 2.30. The van der Waals surface area contributed by atoms with Gasteiger partial charge in [-0.2, -0.15) is 4.98 Å². The Morgan fingerprint density at radius 2 is 1.82 bits per heavy atom. The largest absolute Gasteiger partial charge is 0.383 e. The molecule has 92 valence electrons. The highest BCUT2D eigenvalue weighted by molar-refractivity contribution is 6.39. The van der Waals surface area contributed by atoms with Crippen LogP contribution in [-0.4, -0.2) is 24.1 Å². The average molecular weight is 274 g/mol. The summed E-state index contributed by atoms with van der Waals surface area (Å²) in [6.45, 7) is 0. The minimum atomic E-state index is 0. The van der Waals surface area contributed by atoms with Crippen molar-refractivity contribution in [2.75, 3.05) is 30.5 Å². The monoisotopic (exact) mass is 273 g/mol. The zero-order valence-corrected chi connectivity index (χ0v) is 11.0. The van der Waals surface area contributed by atoms with E-state index in [0.29, 0.717) is 21.7 Å². The number of anilines is 3. The maximum atomic E-state index is 6.25. The van der Waals surface area contributed by atoms with E-state index in [1.54, 1.807) is 0 Å². The molecular weight excluding hydrogens is 261 g/mol. The standard InChI is InChI=1S/C10H12ClN5.ClH/c1-16(2)6-4-3-5-7(8(6)11)9(12)15-10(13)14-5;/h3-4H,1-2H3,(H4,12,13,14,15);1H. The summed E-state index contributed by atoms with van der Waals surface area (Å²) in [5.74, 6) is 0.454. The first-order chi connectivity index (χ1) is 7.50. The SMILES string of the molecule is CN(C)c1ccc2nc(N)nc(N)c2c1Cl.Cl. The molecule has 0 unspecified atom stereocenters. The minimum Gasteiger partial charge on any atom is -0.383 e. The second-order valence-electron chi connectivity index (χ2n) is 3.65. The molecule has 1 aromatic heterocycles. The number of fused-ring (bicyclic) bond motifs is 1. The van der Waals surface area contributed by atoms with Gasteiger partial charge >= 0.3 is 0 Å². The molecule has 0 aliphatic carbocycles. The number of nitrogens with two attached hydrogens (primary N) is 2. The minimum absolute atomic E-state index is 0. The Hall–Kier alpha value is -1.46. The fraction of sp³-hybridized carbons (Fsp3) is 0.200. The molecule has 0 saturated carbocycles. The van der Waals surface area contributed by atoms with Crippen molar-refractivity contribution in [1.82, 2.24) is 9.97 Å². The van der Waals surface area contributed by atoms with Crippen LogP contribution in [0.15, 0.2) is 12.1 Å². The predicted molar refractivity (Wildman–Crippen MR) is 74.9 cm³/mol. The van der Waals surface area contributed by atoms with E-state index in [9.17, 15) is 0 Å². The second kappa shape index (κ2) is 4.81. The molecule has 0 amide bonds. The molecule has 0 atom stereocenters. The van der Waals surface area contributed by atoms with Crippen LogP contribution < -0.4 is 16.4 Å². The van der Waals surface area contributed by atoms with Crippen LogP contribution in [0.2, 0.25) is 5.02 Å². The first kappa shape index (κ1) is 13.6. The van der Waals surface area contributed by atoms with Gasteiger partial charge in [0.1, 0.15) is 5.82 Å². The molecule has 1 heterocycles. The number of nitrogens with zero attached hydrogens (tertiary/aromatic N) is 3. The molecule has 1 aromatic carbocycles. The molecule has 0 aliphatic heterocycles. The maximum absolute atomic E-state index is 6.25. The Kier molecular flexibility index (Phi) is 3.85. The van der Waals surface area contributed by atoms with Crippen LogP contribution in [0.1, 0.15) is 0 Å². The quantitative estimate of drug-likeness (QED) is 0.830. The third-order valence-electron chi connectivity index (χ3n) is 2.31. The number of benzene rings is 1. The highest BCUT2D eigenvalue weighted by Crippen LogP contribution is 2.34. The van der Waals surface area contributed by atoms with Gasteiger partial charge in [-0.3, -0.25) is 0 Å². The second-order valence-corrected chi connectivity index (χ2v) is 4.03. The number of rotatable bonds is 1. The van der Waals surface area contributed by atoms with E-state index < -0.39 is 0 Å². The molecule has 0 saturated heterocycles. The number of halogens is 2. The van der Waals surface area contributed by atoms with Gasteiger partial charge in [-0.1, -0.05) is 11.6 Å². The Bertz CT molecular complexity index is 556. The molecule has 7 heteroatoms. The number of aromatic nitrogens is 2. The Morgan fingerprint density at radius 1 is 1.18 bits per heavy atom. The topological polar surface area (TPSA) is 81.1 Å². The lowest BCUT2D eigenvalue weighted by Crippen LogP contribution is -2.10. The fourth-order valence-electron chi connectivity index (χ4n) is 1.56. The highest BCUT2D eigenvalue weighted by atomic mass is 35.5. The lowest BCUT2D eigenvalue weighted by atomic mass is 10.2. The lowest BCUT2D eigenvalue weighted by Gasteiger charge is -2.16. The molecular formula is C10H13Cl2N5. The molecule has 0 radical (unpaired) electrons. The van der Waals surface area contributed by atoms with Crippen molar-refractivity contribution in [2.24, 2.45) is 0 Å². The summed E-state index contributed by atoms with van der Waals surface area (Å²) < 4.78 is 0. The third-order valence-corrected chi connectivity index (χ3v) is 2.69. The molecule has 2 aromatic rings. The van der Waals surface area contributed by atoms with E-state index in [1.165, 1.54) is 0 Å². The first-order valence-electron chi connectivity index (χ1n) is 4.69. The molecule has 0 spiro atoms. The van der Waals surface area contributed by atoms with E-state index in [2.05, 4.69) is 9.97 Å². The van der Waals surface area contributed by atoms with Gasteiger partial charge in [0.05, 0.1) is 21.6 Å². The highest BCUT2D eigenvalue weighted by Gasteiger charge is 2.12. The molecule has 17 heavy (non-hydrogen) atoms. The zero-order valence-electron chi connectivity index (χ0n) is 9.44. The fourth-order valence-corrected chi connectivity index (χ4v) is 1.99. The zero-order chi connectivity index (χ0) is 11.9. The van der Waals surface area contributed by atoms with Crippen LogP contribution >= 0.6 is 24.0 Å². The molecule has 0 fully saturated rings. The first-order valence-corrected chi connectivity index (χ1v) is 5.07. The molecule has 0 bridgehead atoms. The van der Waals surface area contributed by atoms with Crippen molar-refractivity contribution in [3.8, 4) is 0 Å². The summed E-state index contributed by atoms with van der Waals surface area (Å²) in [5, 5.41) is 1.18.